The largest absolute Gasteiger partial charge is 0.467 e. The van der Waals surface area contributed by atoms with E-state index in [-0.39, 0.29) is 19.6 Å². The van der Waals surface area contributed by atoms with Gasteiger partial charge in [0.1, 0.15) is 17.4 Å². The number of amides is 1. The SMILES string of the molecule is COC(=O)[C@H](Cc1ccc(OP(OCc2ccc(Cl)cc2)OCc2ccc(Cl)cc2)cc1)NC(=O)OC(C)(C)C. The van der Waals surface area contributed by atoms with Crippen molar-refractivity contribution in [3.8, 4) is 5.75 Å². The van der Waals surface area contributed by atoms with Crippen LogP contribution in [-0.4, -0.2) is 30.8 Å². The molecule has 0 aliphatic heterocycles. The van der Waals surface area contributed by atoms with Crippen LogP contribution in [0.15, 0.2) is 72.8 Å². The molecular formula is C29H32Cl2NO7P. The summed E-state index contributed by atoms with van der Waals surface area (Å²) in [5, 5.41) is 3.84. The molecule has 0 spiro atoms. The molecule has 0 saturated carbocycles. The molecule has 1 N–H and O–H groups in total. The van der Waals surface area contributed by atoms with E-state index in [9.17, 15) is 9.59 Å². The van der Waals surface area contributed by atoms with Crippen LogP contribution >= 0.6 is 31.8 Å². The molecule has 214 valence electrons. The number of hydrogen-bond acceptors (Lipinski definition) is 7. The number of rotatable bonds is 12. The van der Waals surface area contributed by atoms with Crippen LogP contribution in [0.2, 0.25) is 10.0 Å². The highest BCUT2D eigenvalue weighted by Crippen LogP contribution is 2.42. The van der Waals surface area contributed by atoms with Crippen LogP contribution in [0.4, 0.5) is 4.79 Å². The van der Waals surface area contributed by atoms with E-state index in [0.717, 1.165) is 16.7 Å². The van der Waals surface area contributed by atoms with Crippen molar-refractivity contribution < 1.29 is 32.6 Å². The first kappa shape index (κ1) is 31.7. The quantitative estimate of drug-likeness (QED) is 0.167. The molecule has 0 radical (unpaired) electrons. The summed E-state index contributed by atoms with van der Waals surface area (Å²) < 4.78 is 28.1. The zero-order valence-corrected chi connectivity index (χ0v) is 25.1. The van der Waals surface area contributed by atoms with Gasteiger partial charge < -0.3 is 19.3 Å². The number of hydrogen-bond donors (Lipinski definition) is 1. The molecule has 3 rings (SSSR count). The van der Waals surface area contributed by atoms with Crippen molar-refractivity contribution in [3.63, 3.8) is 0 Å². The first-order chi connectivity index (χ1) is 19.0. The monoisotopic (exact) mass is 607 g/mol. The molecule has 0 saturated heterocycles. The van der Waals surface area contributed by atoms with Gasteiger partial charge in [0.15, 0.2) is 0 Å². The van der Waals surface area contributed by atoms with Gasteiger partial charge in [-0.05, 0) is 73.9 Å². The lowest BCUT2D eigenvalue weighted by molar-refractivity contribution is -0.143. The summed E-state index contributed by atoms with van der Waals surface area (Å²) in [6, 6.07) is 20.8. The van der Waals surface area contributed by atoms with Crippen molar-refractivity contribution >= 4 is 43.9 Å². The van der Waals surface area contributed by atoms with E-state index >= 15 is 0 Å². The first-order valence-corrected chi connectivity index (χ1v) is 14.2. The Morgan fingerprint density at radius 2 is 1.27 bits per heavy atom. The maximum atomic E-state index is 12.3. The topological polar surface area (TPSA) is 92.3 Å². The minimum absolute atomic E-state index is 0.196. The summed E-state index contributed by atoms with van der Waals surface area (Å²) in [5.41, 5.74) is 1.90. The Hall–Kier alpha value is -2.87. The van der Waals surface area contributed by atoms with Gasteiger partial charge in [-0.1, -0.05) is 59.6 Å². The number of carbonyl (C=O) groups excluding carboxylic acids is 2. The molecule has 3 aromatic rings. The summed E-state index contributed by atoms with van der Waals surface area (Å²) in [4.78, 5) is 24.5. The van der Waals surface area contributed by atoms with E-state index in [1.165, 1.54) is 7.11 Å². The number of nitrogens with one attached hydrogen (secondary N) is 1. The van der Waals surface area contributed by atoms with Gasteiger partial charge in [-0.25, -0.2) is 9.59 Å². The number of esters is 1. The van der Waals surface area contributed by atoms with Crippen LogP contribution in [0, 0.1) is 0 Å². The lowest BCUT2D eigenvalue weighted by Gasteiger charge is -2.22. The molecule has 8 nitrogen and oxygen atoms in total. The minimum atomic E-state index is -1.78. The zero-order valence-electron chi connectivity index (χ0n) is 22.7. The van der Waals surface area contributed by atoms with E-state index in [2.05, 4.69) is 5.32 Å². The van der Waals surface area contributed by atoms with Gasteiger partial charge in [0.05, 0.1) is 20.3 Å². The maximum Gasteiger partial charge on any atom is 0.408 e. The molecule has 0 aliphatic carbocycles. The number of alkyl carbamates (subject to hydrolysis) is 1. The standard InChI is InChI=1S/C29H32Cl2NO7P/c1-29(2,3)38-28(34)32-26(27(33)35-4)17-20-9-15-25(16-10-20)39-40(36-18-21-5-11-23(30)12-6-21)37-19-22-7-13-24(31)14-8-22/h5-16,26H,17-19H2,1-4H3,(H,32,34)/t26-/m0/s1. The normalized spacial score (nSPS) is 12.1. The highest BCUT2D eigenvalue weighted by atomic mass is 35.5. The Morgan fingerprint density at radius 3 is 1.73 bits per heavy atom. The van der Waals surface area contributed by atoms with E-state index in [0.29, 0.717) is 15.8 Å². The van der Waals surface area contributed by atoms with Gasteiger partial charge in [-0.15, -0.1) is 0 Å². The summed E-state index contributed by atoms with van der Waals surface area (Å²) in [7, 11) is -0.514. The predicted octanol–water partition coefficient (Wildman–Crippen LogP) is 7.64. The van der Waals surface area contributed by atoms with Crippen LogP contribution in [0.1, 0.15) is 37.5 Å². The number of benzene rings is 3. The Morgan fingerprint density at radius 1 is 0.800 bits per heavy atom. The summed E-state index contributed by atoms with van der Waals surface area (Å²) in [6.07, 6.45) is -0.509. The van der Waals surface area contributed by atoms with Gasteiger partial charge in [0, 0.05) is 16.5 Å². The Bertz CT molecular complexity index is 1180. The number of halogens is 2. The number of ether oxygens (including phenoxy) is 2. The van der Waals surface area contributed by atoms with Crippen molar-refractivity contribution in [2.45, 2.75) is 52.0 Å². The molecule has 0 fully saturated rings. The molecular weight excluding hydrogens is 576 g/mol. The van der Waals surface area contributed by atoms with Gasteiger partial charge in [-0.3, -0.25) is 9.05 Å². The lowest BCUT2D eigenvalue weighted by atomic mass is 10.1. The fourth-order valence-electron chi connectivity index (χ4n) is 3.30. The lowest BCUT2D eigenvalue weighted by Crippen LogP contribution is -2.45. The zero-order chi connectivity index (χ0) is 29.1. The third-order valence-corrected chi connectivity index (χ3v) is 6.76. The fourth-order valence-corrected chi connectivity index (χ4v) is 4.53. The summed E-state index contributed by atoms with van der Waals surface area (Å²) in [5.74, 6) is -0.0716. The molecule has 1 atom stereocenters. The number of methoxy groups -OCH3 is 1. The van der Waals surface area contributed by atoms with Crippen molar-refractivity contribution in [3.05, 3.63) is 99.5 Å². The van der Waals surface area contributed by atoms with Crippen LogP contribution in [0.5, 0.6) is 5.75 Å². The first-order valence-electron chi connectivity index (χ1n) is 12.4. The Balaban J connectivity index is 1.65. The third kappa shape index (κ3) is 11.3. The highest BCUT2D eigenvalue weighted by Gasteiger charge is 2.25. The third-order valence-electron chi connectivity index (χ3n) is 5.22. The second kappa shape index (κ2) is 15.2. The minimum Gasteiger partial charge on any atom is -0.467 e. The second-order valence-electron chi connectivity index (χ2n) is 9.68. The van der Waals surface area contributed by atoms with Gasteiger partial charge >= 0.3 is 20.7 Å². The Kier molecular flexibility index (Phi) is 12.0. The number of carbonyl (C=O) groups is 2. The Labute approximate surface area is 245 Å². The molecule has 1 amide bonds. The molecule has 40 heavy (non-hydrogen) atoms. The van der Waals surface area contributed by atoms with Crippen molar-refractivity contribution in [1.82, 2.24) is 5.32 Å². The molecule has 0 unspecified atom stereocenters. The molecule has 0 heterocycles. The van der Waals surface area contributed by atoms with Gasteiger partial charge in [0.25, 0.3) is 0 Å². The molecule has 3 aromatic carbocycles. The molecule has 0 aromatic heterocycles. The predicted molar refractivity (Wildman–Crippen MR) is 155 cm³/mol. The van der Waals surface area contributed by atoms with Crippen molar-refractivity contribution in [2.75, 3.05) is 7.11 Å². The van der Waals surface area contributed by atoms with E-state index in [4.69, 9.17) is 46.2 Å². The van der Waals surface area contributed by atoms with E-state index < -0.39 is 32.3 Å². The molecule has 0 bridgehead atoms. The summed E-state index contributed by atoms with van der Waals surface area (Å²) in [6.45, 7) is 5.75. The van der Waals surface area contributed by atoms with Gasteiger partial charge in [-0.2, -0.15) is 0 Å². The average Bonchev–Trinajstić information content (AvgIpc) is 2.91. The van der Waals surface area contributed by atoms with Crippen LogP contribution in [-0.2, 0) is 43.0 Å². The van der Waals surface area contributed by atoms with Crippen molar-refractivity contribution in [1.29, 1.82) is 0 Å². The van der Waals surface area contributed by atoms with E-state index in [1.807, 2.05) is 24.3 Å². The van der Waals surface area contributed by atoms with Crippen molar-refractivity contribution in [2.24, 2.45) is 0 Å². The van der Waals surface area contributed by atoms with Crippen LogP contribution < -0.4 is 9.84 Å². The molecule has 0 aliphatic rings. The highest BCUT2D eigenvalue weighted by molar-refractivity contribution is 7.42. The fraction of sp³-hybridized carbons (Fsp3) is 0.310. The smallest absolute Gasteiger partial charge is 0.408 e. The van der Waals surface area contributed by atoms with Gasteiger partial charge in [0.2, 0.25) is 0 Å². The van der Waals surface area contributed by atoms with E-state index in [1.54, 1.807) is 69.3 Å². The average molecular weight is 608 g/mol. The van der Waals surface area contributed by atoms with Crippen LogP contribution in [0.25, 0.3) is 0 Å². The maximum absolute atomic E-state index is 12.3. The van der Waals surface area contributed by atoms with Crippen LogP contribution in [0.3, 0.4) is 0 Å². The molecule has 11 heteroatoms. The summed E-state index contributed by atoms with van der Waals surface area (Å²) >= 11 is 12.0. The second-order valence-corrected chi connectivity index (χ2v) is 11.7.